The zero-order chi connectivity index (χ0) is 22.3. The van der Waals surface area contributed by atoms with Crippen LogP contribution in [0.5, 0.6) is 0 Å². The zero-order valence-corrected chi connectivity index (χ0v) is 19.0. The number of anilines is 1. The van der Waals surface area contributed by atoms with E-state index < -0.39 is 0 Å². The van der Waals surface area contributed by atoms with Gasteiger partial charge in [0.25, 0.3) is 0 Å². The fourth-order valence-corrected chi connectivity index (χ4v) is 4.66. The van der Waals surface area contributed by atoms with Gasteiger partial charge in [-0.05, 0) is 19.1 Å². The van der Waals surface area contributed by atoms with Gasteiger partial charge in [-0.15, -0.1) is 23.1 Å². The molecular weight excluding hydrogens is 436 g/mol. The van der Waals surface area contributed by atoms with Gasteiger partial charge in [-0.3, -0.25) is 4.79 Å². The number of amides is 1. The minimum absolute atomic E-state index is 0.111. The molecule has 4 rings (SSSR count). The van der Waals surface area contributed by atoms with Gasteiger partial charge in [0.1, 0.15) is 11.1 Å². The van der Waals surface area contributed by atoms with Gasteiger partial charge in [0, 0.05) is 28.7 Å². The Morgan fingerprint density at radius 1 is 1.00 bits per heavy atom. The Morgan fingerprint density at radius 2 is 1.75 bits per heavy atom. The van der Waals surface area contributed by atoms with Crippen molar-refractivity contribution in [2.75, 3.05) is 11.1 Å². The maximum absolute atomic E-state index is 12.4. The Labute approximate surface area is 195 Å². The number of thiazole rings is 1. The minimum Gasteiger partial charge on any atom is -0.302 e. The van der Waals surface area contributed by atoms with Gasteiger partial charge in [0.15, 0.2) is 5.13 Å². The molecule has 0 aliphatic rings. The van der Waals surface area contributed by atoms with Gasteiger partial charge in [-0.2, -0.15) is 5.26 Å². The first-order valence-corrected chi connectivity index (χ1v) is 11.9. The van der Waals surface area contributed by atoms with Crippen LogP contribution in [0.2, 0.25) is 0 Å². The summed E-state index contributed by atoms with van der Waals surface area (Å²) >= 11 is 2.82. The van der Waals surface area contributed by atoms with E-state index in [0.29, 0.717) is 27.9 Å². The molecule has 0 atom stereocenters. The second-order valence-corrected chi connectivity index (χ2v) is 9.02. The number of pyridine rings is 1. The molecule has 5 nitrogen and oxygen atoms in total. The van der Waals surface area contributed by atoms with Crippen LogP contribution in [0.3, 0.4) is 0 Å². The lowest BCUT2D eigenvalue weighted by molar-refractivity contribution is -0.115. The van der Waals surface area contributed by atoms with Crippen LogP contribution in [0.1, 0.15) is 17.5 Å². The Hall–Kier alpha value is -3.47. The molecule has 1 amide bonds. The van der Waals surface area contributed by atoms with Crippen molar-refractivity contribution in [3.8, 4) is 28.6 Å². The summed E-state index contributed by atoms with van der Waals surface area (Å²) in [5, 5.41) is 15.4. The number of hydrogen-bond acceptors (Lipinski definition) is 6. The van der Waals surface area contributed by atoms with E-state index in [1.165, 1.54) is 28.7 Å². The van der Waals surface area contributed by atoms with Crippen molar-refractivity contribution in [2.24, 2.45) is 0 Å². The molecule has 0 bridgehead atoms. The van der Waals surface area contributed by atoms with Crippen LogP contribution in [-0.4, -0.2) is 21.6 Å². The van der Waals surface area contributed by atoms with E-state index in [2.05, 4.69) is 21.4 Å². The maximum Gasteiger partial charge on any atom is 0.226 e. The largest absolute Gasteiger partial charge is 0.302 e. The normalized spacial score (nSPS) is 10.5. The molecule has 0 spiro atoms. The third-order valence-corrected chi connectivity index (χ3v) is 6.47. The monoisotopic (exact) mass is 456 g/mol. The summed E-state index contributed by atoms with van der Waals surface area (Å²) in [6.07, 6.45) is 0.298. The molecule has 0 radical (unpaired) electrons. The first kappa shape index (κ1) is 21.8. The van der Waals surface area contributed by atoms with Crippen LogP contribution in [0.25, 0.3) is 22.5 Å². The van der Waals surface area contributed by atoms with Crippen molar-refractivity contribution in [1.82, 2.24) is 9.97 Å². The van der Waals surface area contributed by atoms with Gasteiger partial charge in [-0.25, -0.2) is 9.97 Å². The third kappa shape index (κ3) is 5.41. The number of benzene rings is 2. The smallest absolute Gasteiger partial charge is 0.226 e. The summed E-state index contributed by atoms with van der Waals surface area (Å²) in [4.78, 5) is 21.5. The van der Waals surface area contributed by atoms with Crippen LogP contribution >= 0.6 is 23.1 Å². The van der Waals surface area contributed by atoms with Crippen LogP contribution < -0.4 is 5.32 Å². The Bertz CT molecular complexity index is 1260. The molecule has 2 aromatic carbocycles. The number of carbonyl (C=O) groups excluding carboxylic acids is 1. The van der Waals surface area contributed by atoms with Gasteiger partial charge < -0.3 is 5.32 Å². The van der Waals surface area contributed by atoms with Gasteiger partial charge in [0.05, 0.1) is 17.0 Å². The number of hydrogen-bond donors (Lipinski definition) is 1. The molecule has 0 aliphatic carbocycles. The van der Waals surface area contributed by atoms with Crippen molar-refractivity contribution in [3.63, 3.8) is 0 Å². The molecule has 158 valence electrons. The molecule has 0 saturated carbocycles. The number of aryl methyl sites for hydroxylation is 1. The SMILES string of the molecule is Cc1ccc(-c2ccc(C#N)c(SCCC(=O)Nc3nc(-c4ccccc4)cs3)n2)cc1. The maximum atomic E-state index is 12.4. The third-order valence-electron chi connectivity index (χ3n) is 4.72. The number of nitrogens with one attached hydrogen (secondary N) is 1. The number of nitriles is 1. The Kier molecular flexibility index (Phi) is 6.95. The molecule has 32 heavy (non-hydrogen) atoms. The summed E-state index contributed by atoms with van der Waals surface area (Å²) in [5.41, 5.74) is 5.36. The first-order valence-electron chi connectivity index (χ1n) is 10.0. The van der Waals surface area contributed by atoms with Crippen molar-refractivity contribution in [1.29, 1.82) is 5.26 Å². The molecule has 0 saturated heterocycles. The van der Waals surface area contributed by atoms with Gasteiger partial charge >= 0.3 is 0 Å². The number of rotatable bonds is 7. The topological polar surface area (TPSA) is 78.7 Å². The fraction of sp³-hybridized carbons (Fsp3) is 0.120. The summed E-state index contributed by atoms with van der Waals surface area (Å²) in [6.45, 7) is 2.04. The lowest BCUT2D eigenvalue weighted by atomic mass is 10.1. The van der Waals surface area contributed by atoms with Crippen LogP contribution in [0.15, 0.2) is 77.1 Å². The van der Waals surface area contributed by atoms with Crippen molar-refractivity contribution in [2.45, 2.75) is 18.4 Å². The van der Waals surface area contributed by atoms with E-state index in [-0.39, 0.29) is 5.91 Å². The molecule has 0 aliphatic heterocycles. The van der Waals surface area contributed by atoms with Crippen molar-refractivity contribution < 1.29 is 4.79 Å². The molecule has 0 unspecified atom stereocenters. The lowest BCUT2D eigenvalue weighted by Crippen LogP contribution is -2.12. The molecule has 7 heteroatoms. The van der Waals surface area contributed by atoms with Gasteiger partial charge in [0.2, 0.25) is 5.91 Å². The second-order valence-electron chi connectivity index (χ2n) is 7.08. The van der Waals surface area contributed by atoms with Crippen molar-refractivity contribution in [3.05, 3.63) is 83.2 Å². The van der Waals surface area contributed by atoms with Crippen LogP contribution in [0.4, 0.5) is 5.13 Å². The van der Waals surface area contributed by atoms with E-state index in [4.69, 9.17) is 0 Å². The molecule has 2 heterocycles. The first-order chi connectivity index (χ1) is 15.6. The number of thioether (sulfide) groups is 1. The highest BCUT2D eigenvalue weighted by molar-refractivity contribution is 7.99. The fourth-order valence-electron chi connectivity index (χ4n) is 3.02. The number of carbonyl (C=O) groups is 1. The van der Waals surface area contributed by atoms with E-state index in [9.17, 15) is 10.1 Å². The van der Waals surface area contributed by atoms with E-state index in [1.807, 2.05) is 73.0 Å². The molecule has 1 N–H and O–H groups in total. The highest BCUT2D eigenvalue weighted by Crippen LogP contribution is 2.27. The average molecular weight is 457 g/mol. The summed E-state index contributed by atoms with van der Waals surface area (Å²) < 4.78 is 0. The highest BCUT2D eigenvalue weighted by atomic mass is 32.2. The zero-order valence-electron chi connectivity index (χ0n) is 17.4. The van der Waals surface area contributed by atoms with E-state index >= 15 is 0 Å². The predicted molar refractivity (Wildman–Crippen MR) is 131 cm³/mol. The Morgan fingerprint density at radius 3 is 2.50 bits per heavy atom. The highest BCUT2D eigenvalue weighted by Gasteiger charge is 2.11. The van der Waals surface area contributed by atoms with Gasteiger partial charge in [-0.1, -0.05) is 60.2 Å². The summed E-state index contributed by atoms with van der Waals surface area (Å²) in [5.74, 6) is 0.404. The molecular formula is C25H20N4OS2. The second kappa shape index (κ2) is 10.2. The standard InChI is InChI=1S/C25H20N4OS2/c1-17-7-9-19(10-8-17)21-12-11-20(15-26)24(27-21)31-14-13-23(30)29-25-28-22(16-32-25)18-5-3-2-4-6-18/h2-12,16H,13-14H2,1H3,(H,28,29,30). The van der Waals surface area contributed by atoms with Crippen LogP contribution in [0, 0.1) is 18.3 Å². The predicted octanol–water partition coefficient (Wildman–Crippen LogP) is 6.17. The minimum atomic E-state index is -0.111. The Balaban J connectivity index is 1.36. The lowest BCUT2D eigenvalue weighted by Gasteiger charge is -2.07. The molecule has 0 fully saturated rings. The number of aromatic nitrogens is 2. The summed E-state index contributed by atoms with van der Waals surface area (Å²) in [7, 11) is 0. The summed E-state index contributed by atoms with van der Waals surface area (Å²) in [6, 6.07) is 23.8. The molecule has 4 aromatic rings. The van der Waals surface area contributed by atoms with E-state index in [0.717, 1.165) is 22.5 Å². The van der Waals surface area contributed by atoms with Crippen LogP contribution in [-0.2, 0) is 4.79 Å². The van der Waals surface area contributed by atoms with Crippen molar-refractivity contribution >= 4 is 34.1 Å². The molecule has 2 aromatic heterocycles. The quantitative estimate of drug-likeness (QED) is 0.336. The number of nitrogens with zero attached hydrogens (tertiary/aromatic N) is 3. The average Bonchev–Trinajstić information content (AvgIpc) is 3.28. The van der Waals surface area contributed by atoms with E-state index in [1.54, 1.807) is 6.07 Å².